The van der Waals surface area contributed by atoms with E-state index in [0.717, 1.165) is 0 Å². The van der Waals surface area contributed by atoms with Gasteiger partial charge in [-0.05, 0) is 30.3 Å². The summed E-state index contributed by atoms with van der Waals surface area (Å²) in [7, 11) is 0. The van der Waals surface area contributed by atoms with Gasteiger partial charge >= 0.3 is 0 Å². The number of nitrogens with zero attached hydrogens (tertiary/aromatic N) is 2. The Balaban J connectivity index is 0.00000272. The van der Waals surface area contributed by atoms with E-state index in [9.17, 15) is 13.6 Å². The number of amidine groups is 1. The standard InChI is InChI=1S/C20H19ClF2N4O2S.CH4/c21-11-1-4-16(25-9-11)18(28)26-12-2-3-15(23)13(7-12)20-5-6-29-17(8-22)14(20)10-30-19(24)27-20;/h1-4,7,9,14,17H,5-6,8,10H2,(H2,24,27)(H,26,28);1H4/t14-,17-,20-;/m1./s1. The van der Waals surface area contributed by atoms with Gasteiger partial charge in [-0.1, -0.05) is 30.8 Å². The first-order valence-electron chi connectivity index (χ1n) is 9.31. The molecule has 1 amide bonds. The van der Waals surface area contributed by atoms with E-state index in [4.69, 9.17) is 22.1 Å². The van der Waals surface area contributed by atoms with E-state index in [1.54, 1.807) is 6.07 Å². The molecule has 1 fully saturated rings. The highest BCUT2D eigenvalue weighted by Crippen LogP contribution is 2.48. The molecular weight excluding hydrogens is 446 g/mol. The molecule has 0 saturated carbocycles. The van der Waals surface area contributed by atoms with Gasteiger partial charge in [-0.25, -0.2) is 13.8 Å². The third-order valence-corrected chi connectivity index (χ3v) is 6.54. The van der Waals surface area contributed by atoms with Gasteiger partial charge in [0.25, 0.3) is 5.91 Å². The van der Waals surface area contributed by atoms with Gasteiger partial charge in [0.2, 0.25) is 0 Å². The zero-order chi connectivity index (χ0) is 21.3. The van der Waals surface area contributed by atoms with E-state index in [-0.39, 0.29) is 31.2 Å². The topological polar surface area (TPSA) is 89.6 Å². The number of hydrogen-bond donors (Lipinski definition) is 2. The van der Waals surface area contributed by atoms with Crippen LogP contribution in [0.15, 0.2) is 41.5 Å². The van der Waals surface area contributed by atoms with Crippen LogP contribution >= 0.6 is 23.4 Å². The average Bonchev–Trinajstić information content (AvgIpc) is 2.74. The lowest BCUT2D eigenvalue weighted by molar-refractivity contribution is -0.0714. The van der Waals surface area contributed by atoms with Crippen molar-refractivity contribution >= 4 is 40.1 Å². The lowest BCUT2D eigenvalue weighted by atomic mass is 9.72. The quantitative estimate of drug-likeness (QED) is 0.694. The molecule has 0 aliphatic carbocycles. The van der Waals surface area contributed by atoms with Crippen LogP contribution in [0.3, 0.4) is 0 Å². The van der Waals surface area contributed by atoms with Gasteiger partial charge in [0.1, 0.15) is 18.2 Å². The summed E-state index contributed by atoms with van der Waals surface area (Å²) in [6, 6.07) is 7.29. The Bertz CT molecular complexity index is 992. The number of anilines is 1. The minimum absolute atomic E-state index is 0. The maximum absolute atomic E-state index is 15.0. The number of aromatic nitrogens is 1. The lowest BCUT2D eigenvalue weighted by Gasteiger charge is -2.47. The summed E-state index contributed by atoms with van der Waals surface area (Å²) in [6.45, 7) is -0.458. The molecule has 31 heavy (non-hydrogen) atoms. The summed E-state index contributed by atoms with van der Waals surface area (Å²) in [6.07, 6.45) is 1.04. The molecule has 3 N–H and O–H groups in total. The molecule has 0 bridgehead atoms. The largest absolute Gasteiger partial charge is 0.379 e. The number of aliphatic imine (C=N–C) groups is 1. The third kappa shape index (κ3) is 4.53. The number of pyridine rings is 1. The minimum Gasteiger partial charge on any atom is -0.379 e. The number of ether oxygens (including phenoxy) is 1. The molecule has 2 aromatic rings. The second kappa shape index (κ2) is 9.50. The van der Waals surface area contributed by atoms with Crippen LogP contribution in [0.25, 0.3) is 0 Å². The van der Waals surface area contributed by atoms with E-state index in [0.29, 0.717) is 28.1 Å². The second-order valence-electron chi connectivity index (χ2n) is 7.12. The SMILES string of the molecule is C.NC1=N[C@@]2(c3cc(NC(=O)c4ccc(Cl)cn4)ccc3F)CCO[C@H](CF)[C@H]2CS1. The van der Waals surface area contributed by atoms with Gasteiger partial charge < -0.3 is 15.8 Å². The molecule has 2 aliphatic heterocycles. The fourth-order valence-electron chi connectivity index (χ4n) is 3.95. The molecule has 2 aliphatic rings. The van der Waals surface area contributed by atoms with E-state index in [1.807, 2.05) is 0 Å². The van der Waals surface area contributed by atoms with Crippen molar-refractivity contribution in [3.63, 3.8) is 0 Å². The van der Waals surface area contributed by atoms with E-state index >= 15 is 0 Å². The summed E-state index contributed by atoms with van der Waals surface area (Å²) >= 11 is 7.11. The smallest absolute Gasteiger partial charge is 0.274 e. The van der Waals surface area contributed by atoms with Crippen molar-refractivity contribution in [1.82, 2.24) is 4.98 Å². The van der Waals surface area contributed by atoms with Crippen LogP contribution < -0.4 is 11.1 Å². The number of alkyl halides is 1. The van der Waals surface area contributed by atoms with Gasteiger partial charge in [-0.15, -0.1) is 0 Å². The number of thioether (sulfide) groups is 1. The number of amides is 1. The minimum atomic E-state index is -1.05. The Morgan fingerprint density at radius 3 is 2.90 bits per heavy atom. The van der Waals surface area contributed by atoms with Gasteiger partial charge in [0.15, 0.2) is 5.17 Å². The number of rotatable bonds is 4. The zero-order valence-corrected chi connectivity index (χ0v) is 17.4. The van der Waals surface area contributed by atoms with Gasteiger partial charge in [0.05, 0.1) is 16.7 Å². The summed E-state index contributed by atoms with van der Waals surface area (Å²) in [5, 5.41) is 3.45. The number of fused-ring (bicyclic) bond motifs is 1. The molecule has 3 atom stereocenters. The summed E-state index contributed by atoms with van der Waals surface area (Å²) in [5.41, 5.74) is 5.73. The molecule has 1 aromatic heterocycles. The first kappa shape index (κ1) is 23.4. The fourth-order valence-corrected chi connectivity index (χ4v) is 5.13. The first-order valence-corrected chi connectivity index (χ1v) is 10.7. The number of nitrogens with one attached hydrogen (secondary N) is 1. The van der Waals surface area contributed by atoms with Crippen LogP contribution in [0.2, 0.25) is 5.02 Å². The Morgan fingerprint density at radius 1 is 1.39 bits per heavy atom. The molecule has 6 nitrogen and oxygen atoms in total. The molecule has 0 spiro atoms. The molecule has 1 saturated heterocycles. The number of carbonyl (C=O) groups is 1. The summed E-state index contributed by atoms with van der Waals surface area (Å²) < 4.78 is 34.2. The normalized spacial score (nSPS) is 25.1. The van der Waals surface area contributed by atoms with Crippen molar-refractivity contribution in [3.05, 3.63) is 58.6 Å². The van der Waals surface area contributed by atoms with Crippen LogP contribution in [0.5, 0.6) is 0 Å². The predicted molar refractivity (Wildman–Crippen MR) is 120 cm³/mol. The van der Waals surface area contributed by atoms with Crippen molar-refractivity contribution in [2.75, 3.05) is 24.4 Å². The molecule has 4 rings (SSSR count). The Labute approximate surface area is 188 Å². The number of carbonyl (C=O) groups excluding carboxylic acids is 1. The van der Waals surface area contributed by atoms with Crippen molar-refractivity contribution in [2.45, 2.75) is 25.5 Å². The van der Waals surface area contributed by atoms with Crippen molar-refractivity contribution in [2.24, 2.45) is 16.6 Å². The first-order chi connectivity index (χ1) is 14.4. The third-order valence-electron chi connectivity index (χ3n) is 5.40. The molecule has 3 heterocycles. The van der Waals surface area contributed by atoms with E-state index in [1.165, 1.54) is 42.2 Å². The zero-order valence-electron chi connectivity index (χ0n) is 15.8. The van der Waals surface area contributed by atoms with Crippen LogP contribution in [0.1, 0.15) is 29.9 Å². The van der Waals surface area contributed by atoms with E-state index < -0.39 is 30.0 Å². The number of nitrogens with two attached hydrogens (primary N) is 1. The van der Waals surface area contributed by atoms with Crippen LogP contribution in [-0.2, 0) is 10.3 Å². The van der Waals surface area contributed by atoms with Gasteiger partial charge in [0, 0.05) is 42.1 Å². The molecule has 1 aromatic carbocycles. The molecule has 0 unspecified atom stereocenters. The number of halogens is 3. The fraction of sp³-hybridized carbons (Fsp3) is 0.381. The molecule has 0 radical (unpaired) electrons. The average molecular weight is 469 g/mol. The lowest BCUT2D eigenvalue weighted by Crippen LogP contribution is -2.52. The van der Waals surface area contributed by atoms with Crippen LogP contribution in [0.4, 0.5) is 14.5 Å². The van der Waals surface area contributed by atoms with Crippen LogP contribution in [-0.4, -0.2) is 41.2 Å². The van der Waals surface area contributed by atoms with E-state index in [2.05, 4.69) is 15.3 Å². The number of hydrogen-bond acceptors (Lipinski definition) is 6. The highest BCUT2D eigenvalue weighted by atomic mass is 35.5. The molecule has 10 heteroatoms. The van der Waals surface area contributed by atoms with Crippen molar-refractivity contribution < 1.29 is 18.3 Å². The predicted octanol–water partition coefficient (Wildman–Crippen LogP) is 4.39. The molecule has 166 valence electrons. The van der Waals surface area contributed by atoms with Gasteiger partial charge in [-0.2, -0.15) is 0 Å². The Morgan fingerprint density at radius 2 is 2.19 bits per heavy atom. The van der Waals surface area contributed by atoms with Crippen molar-refractivity contribution in [3.8, 4) is 0 Å². The van der Waals surface area contributed by atoms with Gasteiger partial charge in [-0.3, -0.25) is 9.79 Å². The molecular formula is C21H23ClF2N4O2S. The highest BCUT2D eigenvalue weighted by molar-refractivity contribution is 8.13. The Kier molecular flexibility index (Phi) is 7.18. The summed E-state index contributed by atoms with van der Waals surface area (Å²) in [4.78, 5) is 21.1. The number of benzene rings is 1. The summed E-state index contributed by atoms with van der Waals surface area (Å²) in [5.74, 6) is -0.874. The maximum Gasteiger partial charge on any atom is 0.274 e. The second-order valence-corrected chi connectivity index (χ2v) is 8.59. The maximum atomic E-state index is 15.0. The van der Waals surface area contributed by atoms with Crippen molar-refractivity contribution in [1.29, 1.82) is 0 Å². The monoisotopic (exact) mass is 468 g/mol. The Hall–Kier alpha value is -2.23. The highest BCUT2D eigenvalue weighted by Gasteiger charge is 2.51. The van der Waals surface area contributed by atoms with Crippen LogP contribution in [0, 0.1) is 11.7 Å².